The maximum atomic E-state index is 10.4. The molecule has 0 N–H and O–H groups in total. The first-order valence-electron chi connectivity index (χ1n) is 19.0. The van der Waals surface area contributed by atoms with Gasteiger partial charge < -0.3 is 9.64 Å². The fraction of sp³-hybridized carbons (Fsp3) is 0.0784. The molecule has 0 saturated carbocycles. The average molecular weight is 719 g/mol. The fourth-order valence-electron chi connectivity index (χ4n) is 9.70. The fourth-order valence-corrected chi connectivity index (χ4v) is 9.70. The molecule has 0 atom stereocenters. The van der Waals surface area contributed by atoms with Crippen molar-refractivity contribution in [3.05, 3.63) is 209 Å². The van der Waals surface area contributed by atoms with Gasteiger partial charge in [0.1, 0.15) is 5.75 Å². The summed E-state index contributed by atoms with van der Waals surface area (Å²) in [7, 11) is 0. The molecule has 0 unspecified atom stereocenters. The van der Waals surface area contributed by atoms with Crippen LogP contribution in [0.25, 0.3) is 33.6 Å². The summed E-state index contributed by atoms with van der Waals surface area (Å²) in [6, 6.07) is 58.3. The van der Waals surface area contributed by atoms with Gasteiger partial charge >= 0.3 is 0 Å². The van der Waals surface area contributed by atoms with Crippen LogP contribution >= 0.6 is 0 Å². The third-order valence-corrected chi connectivity index (χ3v) is 12.1. The Morgan fingerprint density at radius 1 is 0.500 bits per heavy atom. The zero-order valence-corrected chi connectivity index (χ0v) is 30.9. The Kier molecular flexibility index (Phi) is 6.81. The monoisotopic (exact) mass is 718 g/mol. The molecule has 1 aliphatic carbocycles. The van der Waals surface area contributed by atoms with Crippen LogP contribution in [0.1, 0.15) is 52.8 Å². The van der Waals surface area contributed by atoms with Crippen LogP contribution in [0.4, 0.5) is 17.1 Å². The highest BCUT2D eigenvalue weighted by molar-refractivity contribution is 5.95. The van der Waals surface area contributed by atoms with Crippen molar-refractivity contribution in [1.82, 2.24) is 9.97 Å². The number of nitrogens with zero attached hydrogens (tertiary/aromatic N) is 4. The van der Waals surface area contributed by atoms with Gasteiger partial charge in [-0.1, -0.05) is 135 Å². The Hall–Kier alpha value is -7.29. The third-order valence-electron chi connectivity index (χ3n) is 12.1. The highest BCUT2D eigenvalue weighted by Crippen LogP contribution is 2.65. The molecule has 7 aromatic carbocycles. The predicted molar refractivity (Wildman–Crippen MR) is 222 cm³/mol. The number of hydrogen-bond donors (Lipinski definition) is 0. The van der Waals surface area contributed by atoms with Crippen molar-refractivity contribution in [1.29, 1.82) is 5.26 Å². The molecule has 264 valence electrons. The highest BCUT2D eigenvalue weighted by atomic mass is 16.5. The van der Waals surface area contributed by atoms with E-state index < -0.39 is 5.41 Å². The highest BCUT2D eigenvalue weighted by Gasteiger charge is 2.52. The molecule has 0 saturated heterocycles. The molecule has 0 radical (unpaired) electrons. The molecule has 1 spiro atoms. The summed E-state index contributed by atoms with van der Waals surface area (Å²) < 4.78 is 7.49. The van der Waals surface area contributed by atoms with Gasteiger partial charge in [0.05, 0.1) is 34.1 Å². The van der Waals surface area contributed by atoms with Crippen molar-refractivity contribution in [2.45, 2.75) is 24.7 Å². The number of benzene rings is 7. The lowest BCUT2D eigenvalue weighted by Crippen LogP contribution is -2.34. The van der Waals surface area contributed by atoms with E-state index in [4.69, 9.17) is 4.74 Å². The molecular formula is C51H34N4O. The van der Waals surface area contributed by atoms with Gasteiger partial charge in [-0.05, 0) is 75.3 Å². The quantitative estimate of drug-likeness (QED) is 0.182. The summed E-state index contributed by atoms with van der Waals surface area (Å²) in [5.74, 6) is 2.09. The zero-order valence-electron chi connectivity index (χ0n) is 30.9. The lowest BCUT2D eigenvalue weighted by atomic mass is 9.65. The van der Waals surface area contributed by atoms with Crippen molar-refractivity contribution in [3.8, 4) is 51.2 Å². The van der Waals surface area contributed by atoms with E-state index in [0.717, 1.165) is 50.8 Å². The minimum Gasteiger partial charge on any atom is -0.454 e. The maximum Gasteiger partial charge on any atom is 0.160 e. The van der Waals surface area contributed by atoms with Crippen LogP contribution < -0.4 is 9.64 Å². The minimum atomic E-state index is -0.688. The second-order valence-electron chi connectivity index (χ2n) is 15.2. The molecule has 56 heavy (non-hydrogen) atoms. The number of ether oxygens (including phenoxy) is 1. The van der Waals surface area contributed by atoms with Gasteiger partial charge in [-0.25, -0.2) is 9.97 Å². The van der Waals surface area contributed by atoms with Gasteiger partial charge in [0, 0.05) is 40.1 Å². The van der Waals surface area contributed by atoms with E-state index in [1.54, 1.807) is 18.5 Å². The van der Waals surface area contributed by atoms with E-state index in [9.17, 15) is 5.26 Å². The van der Waals surface area contributed by atoms with E-state index in [1.165, 1.54) is 33.4 Å². The second kappa shape index (κ2) is 11.9. The first-order valence-corrected chi connectivity index (χ1v) is 19.0. The van der Waals surface area contributed by atoms with Gasteiger partial charge in [-0.2, -0.15) is 5.26 Å². The first-order chi connectivity index (χ1) is 27.5. The lowest BCUT2D eigenvalue weighted by molar-refractivity contribution is 0.439. The predicted octanol–water partition coefficient (Wildman–Crippen LogP) is 12.3. The van der Waals surface area contributed by atoms with Crippen molar-refractivity contribution in [2.75, 3.05) is 4.90 Å². The van der Waals surface area contributed by atoms with Crippen molar-refractivity contribution in [2.24, 2.45) is 0 Å². The molecule has 1 aromatic heterocycles. The van der Waals surface area contributed by atoms with Crippen molar-refractivity contribution in [3.63, 3.8) is 0 Å². The van der Waals surface area contributed by atoms with Crippen LogP contribution in [0.5, 0.6) is 11.5 Å². The van der Waals surface area contributed by atoms with Gasteiger partial charge in [-0.3, -0.25) is 0 Å². The summed E-state index contributed by atoms with van der Waals surface area (Å²) in [4.78, 5) is 11.3. The molecule has 3 aliphatic rings. The normalized spacial score (nSPS) is 14.6. The van der Waals surface area contributed by atoms with E-state index in [-0.39, 0.29) is 5.41 Å². The molecule has 5 nitrogen and oxygen atoms in total. The van der Waals surface area contributed by atoms with E-state index in [1.807, 2.05) is 12.1 Å². The number of aromatic nitrogens is 2. The molecule has 0 fully saturated rings. The second-order valence-corrected chi connectivity index (χ2v) is 15.2. The summed E-state index contributed by atoms with van der Waals surface area (Å²) in [6.07, 6.45) is 3.40. The van der Waals surface area contributed by atoms with Crippen LogP contribution in [-0.2, 0) is 10.8 Å². The molecule has 2 aliphatic heterocycles. The molecule has 5 heteroatoms. The Balaban J connectivity index is 1.22. The lowest BCUT2D eigenvalue weighted by Gasteiger charge is -2.45. The number of fused-ring (bicyclic) bond motifs is 11. The van der Waals surface area contributed by atoms with Gasteiger partial charge in [-0.15, -0.1) is 0 Å². The van der Waals surface area contributed by atoms with E-state index in [2.05, 4.69) is 174 Å². The molecule has 3 heterocycles. The van der Waals surface area contributed by atoms with E-state index in [0.29, 0.717) is 17.0 Å². The topological polar surface area (TPSA) is 62.0 Å². The first kappa shape index (κ1) is 32.2. The third kappa shape index (κ3) is 4.24. The molecular weight excluding hydrogens is 685 g/mol. The largest absolute Gasteiger partial charge is 0.454 e. The van der Waals surface area contributed by atoms with Crippen molar-refractivity contribution < 1.29 is 4.74 Å². The van der Waals surface area contributed by atoms with Crippen molar-refractivity contribution >= 4 is 17.1 Å². The number of rotatable bonds is 3. The SMILES string of the molecule is CC1(C)c2ccccc2N(c2cccc3c2Oc2c(-c4ccc(-c5ncccn5)c(C#N)c4)cccc2C32c3ccccc3-c3ccccc32)c2ccccc21. The Labute approximate surface area is 325 Å². The summed E-state index contributed by atoms with van der Waals surface area (Å²) in [6.45, 7) is 4.63. The zero-order chi connectivity index (χ0) is 37.6. The van der Waals surface area contributed by atoms with Gasteiger partial charge in [0.2, 0.25) is 0 Å². The number of anilines is 3. The van der Waals surface area contributed by atoms with Crippen LogP contribution in [0.15, 0.2) is 170 Å². The number of nitriles is 1. The molecule has 11 rings (SSSR count). The van der Waals surface area contributed by atoms with Gasteiger partial charge in [0.25, 0.3) is 0 Å². The molecule has 8 aromatic rings. The number of para-hydroxylation sites is 4. The van der Waals surface area contributed by atoms with Crippen LogP contribution in [0.2, 0.25) is 0 Å². The standard InChI is InChI=1S/C51H34N4O/c1-50(2)40-19-7-9-23-44(40)55(45-24-10-8-20-41(45)50)46-25-12-22-43-48(46)56-47-34(32-26-27-35(33(30-32)31-52)49-53-28-13-29-54-49)16-11-21-42(47)51(43)38-17-5-3-14-36(38)37-15-4-6-18-39(37)51/h3-30H,1-2H3. The smallest absolute Gasteiger partial charge is 0.160 e. The van der Waals surface area contributed by atoms with Crippen LogP contribution in [0, 0.1) is 11.3 Å². The number of hydrogen-bond acceptors (Lipinski definition) is 5. The Morgan fingerprint density at radius 2 is 1.02 bits per heavy atom. The summed E-state index contributed by atoms with van der Waals surface area (Å²) in [5, 5.41) is 10.4. The maximum absolute atomic E-state index is 10.4. The summed E-state index contributed by atoms with van der Waals surface area (Å²) >= 11 is 0. The average Bonchev–Trinajstić information content (AvgIpc) is 3.54. The van der Waals surface area contributed by atoms with Gasteiger partial charge in [0.15, 0.2) is 11.6 Å². The van der Waals surface area contributed by atoms with E-state index >= 15 is 0 Å². The molecule has 0 bridgehead atoms. The van der Waals surface area contributed by atoms with Crippen LogP contribution in [-0.4, -0.2) is 9.97 Å². The minimum absolute atomic E-state index is 0.209. The summed E-state index contributed by atoms with van der Waals surface area (Å²) in [5.41, 5.74) is 14.8. The Morgan fingerprint density at radius 3 is 1.66 bits per heavy atom. The Bertz CT molecular complexity index is 2860. The van der Waals surface area contributed by atoms with Crippen LogP contribution in [0.3, 0.4) is 0 Å². The molecule has 0 amide bonds.